The number of esters is 1. The van der Waals surface area contributed by atoms with Crippen LogP contribution in [0.4, 0.5) is 5.69 Å². The van der Waals surface area contributed by atoms with Gasteiger partial charge in [0, 0.05) is 11.1 Å². The Hall–Kier alpha value is -3.71. The number of thiazole rings is 1. The number of carbonyl (C=O) groups is 2. The molecule has 0 fully saturated rings. The van der Waals surface area contributed by atoms with Crippen LogP contribution in [0.5, 0.6) is 5.75 Å². The van der Waals surface area contributed by atoms with E-state index in [1.807, 2.05) is 55.5 Å². The topological polar surface area (TPSA) is 88.5 Å². The maximum atomic E-state index is 12.4. The lowest BCUT2D eigenvalue weighted by Crippen LogP contribution is -2.14. The van der Waals surface area contributed by atoms with Gasteiger partial charge in [-0.05, 0) is 42.0 Å². The van der Waals surface area contributed by atoms with E-state index in [0.717, 1.165) is 22.0 Å². The lowest BCUT2D eigenvalue weighted by Gasteiger charge is -2.07. The second kappa shape index (κ2) is 8.97. The normalized spacial score (nSPS) is 10.7. The van der Waals surface area contributed by atoms with Gasteiger partial charge in [-0.25, -0.2) is 9.78 Å². The number of rotatable bonds is 6. The van der Waals surface area contributed by atoms with Gasteiger partial charge < -0.3 is 15.2 Å². The molecule has 1 amide bonds. The Bertz CT molecular complexity index is 1250. The first kappa shape index (κ1) is 20.6. The Kier molecular flexibility index (Phi) is 5.95. The van der Waals surface area contributed by atoms with E-state index < -0.39 is 5.97 Å². The number of nitrogens with one attached hydrogen (secondary N) is 1. The van der Waals surface area contributed by atoms with E-state index in [9.17, 15) is 14.7 Å². The summed E-state index contributed by atoms with van der Waals surface area (Å²) in [5, 5.41) is 17.0. The molecule has 3 aromatic carbocycles. The molecule has 0 aliphatic carbocycles. The van der Waals surface area contributed by atoms with Gasteiger partial charge in [0.2, 0.25) is 5.91 Å². The summed E-state index contributed by atoms with van der Waals surface area (Å²) in [6.07, 6.45) is 0.137. The second-order valence-corrected chi connectivity index (χ2v) is 8.06. The fourth-order valence-electron chi connectivity index (χ4n) is 3.08. The van der Waals surface area contributed by atoms with Crippen molar-refractivity contribution in [1.29, 1.82) is 0 Å². The molecule has 0 aliphatic heterocycles. The summed E-state index contributed by atoms with van der Waals surface area (Å²) in [5.41, 5.74) is 2.51. The first-order chi connectivity index (χ1) is 15.0. The van der Waals surface area contributed by atoms with Crippen molar-refractivity contribution < 1.29 is 19.4 Å². The number of hydrogen-bond donors (Lipinski definition) is 2. The van der Waals surface area contributed by atoms with Crippen LogP contribution in [0.25, 0.3) is 10.8 Å². The highest BCUT2D eigenvalue weighted by Gasteiger charge is 2.15. The fraction of sp³-hybridized carbons (Fsp3) is 0.125. The van der Waals surface area contributed by atoms with Crippen molar-refractivity contribution in [3.8, 4) is 5.75 Å². The SMILES string of the molecule is Cc1ccc(NC(=O)Cc2nc(COC(=O)c3cc4ccccc4cc3O)cs2)cc1. The quantitative estimate of drug-likeness (QED) is 0.425. The highest BCUT2D eigenvalue weighted by molar-refractivity contribution is 7.09. The smallest absolute Gasteiger partial charge is 0.342 e. The number of fused-ring (bicyclic) bond motifs is 1. The van der Waals surface area contributed by atoms with E-state index in [4.69, 9.17) is 4.74 Å². The van der Waals surface area contributed by atoms with Gasteiger partial charge in [-0.2, -0.15) is 0 Å². The fourth-order valence-corrected chi connectivity index (χ4v) is 3.86. The zero-order valence-corrected chi connectivity index (χ0v) is 17.6. The average Bonchev–Trinajstić information content (AvgIpc) is 3.20. The number of aromatic hydroxyl groups is 1. The van der Waals surface area contributed by atoms with Crippen LogP contribution < -0.4 is 5.32 Å². The summed E-state index contributed by atoms with van der Waals surface area (Å²) in [6, 6.07) is 18.1. The largest absolute Gasteiger partial charge is 0.507 e. The summed E-state index contributed by atoms with van der Waals surface area (Å²) in [7, 11) is 0. The average molecular weight is 433 g/mol. The molecular weight excluding hydrogens is 412 g/mol. The summed E-state index contributed by atoms with van der Waals surface area (Å²) in [4.78, 5) is 29.0. The zero-order chi connectivity index (χ0) is 21.8. The third-order valence-corrected chi connectivity index (χ3v) is 5.58. The van der Waals surface area contributed by atoms with Crippen molar-refractivity contribution in [3.05, 3.63) is 87.9 Å². The summed E-state index contributed by atoms with van der Waals surface area (Å²) < 4.78 is 5.31. The molecular formula is C24H20N2O4S. The van der Waals surface area contributed by atoms with E-state index in [1.54, 1.807) is 17.5 Å². The Morgan fingerprint density at radius 3 is 2.52 bits per heavy atom. The molecule has 1 aromatic heterocycles. The number of phenolic OH excluding ortho intramolecular Hbond substituents is 1. The van der Waals surface area contributed by atoms with Crippen molar-refractivity contribution in [2.45, 2.75) is 20.0 Å². The molecule has 4 aromatic rings. The molecule has 0 unspecified atom stereocenters. The molecule has 2 N–H and O–H groups in total. The first-order valence-corrected chi connectivity index (χ1v) is 10.5. The molecule has 0 spiro atoms. The monoisotopic (exact) mass is 432 g/mol. The Labute approximate surface area is 183 Å². The minimum atomic E-state index is -0.630. The second-order valence-electron chi connectivity index (χ2n) is 7.12. The standard InChI is InChI=1S/C24H20N2O4S/c1-15-6-8-18(9-7-15)25-22(28)12-23-26-19(14-31-23)13-30-24(29)20-10-16-4-2-3-5-17(16)11-21(20)27/h2-11,14,27H,12-13H2,1H3,(H,25,28). The molecule has 0 bridgehead atoms. The summed E-state index contributed by atoms with van der Waals surface area (Å²) in [5.74, 6) is -0.923. The highest BCUT2D eigenvalue weighted by Crippen LogP contribution is 2.26. The van der Waals surface area contributed by atoms with Crippen molar-refractivity contribution >= 4 is 39.7 Å². The number of benzene rings is 3. The van der Waals surface area contributed by atoms with Gasteiger partial charge >= 0.3 is 5.97 Å². The number of anilines is 1. The van der Waals surface area contributed by atoms with Crippen LogP contribution in [0.15, 0.2) is 66.0 Å². The van der Waals surface area contributed by atoms with E-state index >= 15 is 0 Å². The van der Waals surface area contributed by atoms with Crippen LogP contribution in [0.3, 0.4) is 0 Å². The van der Waals surface area contributed by atoms with E-state index in [-0.39, 0.29) is 30.2 Å². The van der Waals surface area contributed by atoms with Crippen LogP contribution in [0.1, 0.15) is 26.6 Å². The molecule has 4 rings (SSSR count). The minimum absolute atomic E-state index is 0.0405. The molecule has 31 heavy (non-hydrogen) atoms. The van der Waals surface area contributed by atoms with Gasteiger partial charge in [0.05, 0.1) is 12.1 Å². The molecule has 0 radical (unpaired) electrons. The Morgan fingerprint density at radius 2 is 1.77 bits per heavy atom. The third-order valence-electron chi connectivity index (χ3n) is 4.68. The molecule has 156 valence electrons. The van der Waals surface area contributed by atoms with Crippen LogP contribution in [0, 0.1) is 6.92 Å². The lowest BCUT2D eigenvalue weighted by atomic mass is 10.1. The maximum Gasteiger partial charge on any atom is 0.342 e. The maximum absolute atomic E-state index is 12.4. The number of aromatic nitrogens is 1. The molecule has 0 aliphatic rings. The van der Waals surface area contributed by atoms with Crippen LogP contribution in [0.2, 0.25) is 0 Å². The van der Waals surface area contributed by atoms with Gasteiger partial charge in [-0.15, -0.1) is 11.3 Å². The van der Waals surface area contributed by atoms with E-state index in [1.165, 1.54) is 11.3 Å². The number of amides is 1. The predicted octanol–water partition coefficient (Wildman–Crippen LogP) is 4.85. The van der Waals surface area contributed by atoms with Crippen molar-refractivity contribution in [3.63, 3.8) is 0 Å². The van der Waals surface area contributed by atoms with Crippen molar-refractivity contribution in [1.82, 2.24) is 4.98 Å². The molecule has 7 heteroatoms. The first-order valence-electron chi connectivity index (χ1n) is 9.66. The number of ether oxygens (including phenoxy) is 1. The van der Waals surface area contributed by atoms with Crippen molar-refractivity contribution in [2.24, 2.45) is 0 Å². The third kappa shape index (κ3) is 5.07. The summed E-state index contributed by atoms with van der Waals surface area (Å²) in [6.45, 7) is 1.94. The van der Waals surface area contributed by atoms with Gasteiger partial charge in [-0.3, -0.25) is 4.79 Å². The predicted molar refractivity (Wildman–Crippen MR) is 120 cm³/mol. The molecule has 0 saturated carbocycles. The van der Waals surface area contributed by atoms with Gasteiger partial charge in [0.1, 0.15) is 22.9 Å². The van der Waals surface area contributed by atoms with Gasteiger partial charge in [0.15, 0.2) is 0 Å². The Balaban J connectivity index is 1.34. The van der Waals surface area contributed by atoms with E-state index in [0.29, 0.717) is 10.7 Å². The van der Waals surface area contributed by atoms with Crippen molar-refractivity contribution in [2.75, 3.05) is 5.32 Å². The van der Waals surface area contributed by atoms with Gasteiger partial charge in [-0.1, -0.05) is 42.0 Å². The van der Waals surface area contributed by atoms with E-state index in [2.05, 4.69) is 10.3 Å². The highest BCUT2D eigenvalue weighted by atomic mass is 32.1. The number of hydrogen-bond acceptors (Lipinski definition) is 6. The Morgan fingerprint density at radius 1 is 1.06 bits per heavy atom. The molecule has 6 nitrogen and oxygen atoms in total. The lowest BCUT2D eigenvalue weighted by molar-refractivity contribution is -0.115. The van der Waals surface area contributed by atoms with Crippen LogP contribution >= 0.6 is 11.3 Å². The number of aryl methyl sites for hydroxylation is 1. The van der Waals surface area contributed by atoms with Crippen LogP contribution in [-0.4, -0.2) is 22.0 Å². The number of carbonyl (C=O) groups excluding carboxylic acids is 2. The molecule has 0 atom stereocenters. The minimum Gasteiger partial charge on any atom is -0.507 e. The number of phenols is 1. The zero-order valence-electron chi connectivity index (χ0n) is 16.8. The van der Waals surface area contributed by atoms with Crippen LogP contribution in [-0.2, 0) is 22.6 Å². The van der Waals surface area contributed by atoms with Gasteiger partial charge in [0.25, 0.3) is 0 Å². The molecule has 0 saturated heterocycles. The number of nitrogens with zero attached hydrogens (tertiary/aromatic N) is 1. The molecule has 1 heterocycles. The summed E-state index contributed by atoms with van der Waals surface area (Å²) >= 11 is 1.33.